The van der Waals surface area contributed by atoms with Crippen LogP contribution in [0.4, 0.5) is 16.2 Å². The van der Waals surface area contributed by atoms with Crippen LogP contribution in [0.25, 0.3) is 0 Å². The molecule has 0 aliphatic rings. The molecule has 8 nitrogen and oxygen atoms in total. The molecule has 0 saturated heterocycles. The number of amides is 3. The lowest BCUT2D eigenvalue weighted by atomic mass is 10.2. The highest BCUT2D eigenvalue weighted by Crippen LogP contribution is 2.12. The van der Waals surface area contributed by atoms with Crippen LogP contribution in [0, 0.1) is 6.92 Å². The van der Waals surface area contributed by atoms with Crippen molar-refractivity contribution in [2.45, 2.75) is 12.7 Å². The molecule has 2 aromatic carbocycles. The lowest BCUT2D eigenvalue weighted by Gasteiger charge is -2.10. The van der Waals surface area contributed by atoms with Crippen molar-refractivity contribution < 1.29 is 18.0 Å². The van der Waals surface area contributed by atoms with E-state index in [1.165, 1.54) is 6.08 Å². The first-order valence-electron chi connectivity index (χ1n) is 8.86. The molecule has 0 fully saturated rings. The van der Waals surface area contributed by atoms with Gasteiger partial charge in [0.05, 0.1) is 12.3 Å². The van der Waals surface area contributed by atoms with Gasteiger partial charge in [-0.3, -0.25) is 4.79 Å². The van der Waals surface area contributed by atoms with E-state index in [2.05, 4.69) is 27.3 Å². The van der Waals surface area contributed by atoms with Crippen LogP contribution in [0.2, 0.25) is 0 Å². The molecule has 0 aromatic heterocycles. The van der Waals surface area contributed by atoms with Gasteiger partial charge in [-0.15, -0.1) is 6.58 Å². The Labute approximate surface area is 170 Å². The third kappa shape index (κ3) is 8.16. The molecule has 4 N–H and O–H groups in total. The number of carbonyl (C=O) groups excluding carboxylic acids is 2. The van der Waals surface area contributed by atoms with Crippen molar-refractivity contribution >= 4 is 33.3 Å². The Bertz CT molecular complexity index is 972. The number of benzene rings is 2. The molecule has 0 aliphatic carbocycles. The fourth-order valence-electron chi connectivity index (χ4n) is 2.40. The largest absolute Gasteiger partial charge is 0.329 e. The van der Waals surface area contributed by atoms with Gasteiger partial charge in [-0.2, -0.15) is 0 Å². The third-order valence-corrected chi connectivity index (χ3v) is 5.05. The molecule has 3 amide bonds. The van der Waals surface area contributed by atoms with E-state index in [1.807, 2.05) is 25.1 Å². The number of hydrogen-bond acceptors (Lipinski definition) is 4. The quantitative estimate of drug-likeness (QED) is 0.470. The number of nitrogens with one attached hydrogen (secondary N) is 4. The predicted octanol–water partition coefficient (Wildman–Crippen LogP) is 2.36. The molecule has 2 rings (SSSR count). The van der Waals surface area contributed by atoms with E-state index in [0.717, 1.165) is 5.56 Å². The van der Waals surface area contributed by atoms with Gasteiger partial charge in [-0.25, -0.2) is 17.9 Å². The zero-order chi connectivity index (χ0) is 21.3. The molecular formula is C20H24N4O4S. The number of rotatable bonds is 9. The number of sulfonamides is 1. The molecule has 0 spiro atoms. The highest BCUT2D eigenvalue weighted by atomic mass is 32.2. The highest BCUT2D eigenvalue weighted by Gasteiger charge is 2.11. The number of carbonyl (C=O) groups is 2. The Kier molecular flexibility index (Phi) is 7.93. The van der Waals surface area contributed by atoms with Gasteiger partial charge in [0, 0.05) is 17.9 Å². The fraction of sp³-hybridized carbons (Fsp3) is 0.200. The van der Waals surface area contributed by atoms with Crippen LogP contribution in [0.5, 0.6) is 0 Å². The Morgan fingerprint density at radius 2 is 1.76 bits per heavy atom. The normalized spacial score (nSPS) is 10.8. The highest BCUT2D eigenvalue weighted by molar-refractivity contribution is 7.88. The van der Waals surface area contributed by atoms with Crippen LogP contribution in [-0.4, -0.2) is 33.4 Å². The van der Waals surface area contributed by atoms with Gasteiger partial charge in [-0.05, 0) is 42.3 Å². The van der Waals surface area contributed by atoms with Gasteiger partial charge in [0.1, 0.15) is 0 Å². The Morgan fingerprint density at radius 1 is 1.03 bits per heavy atom. The number of aryl methyl sites for hydroxylation is 1. The number of hydrogen-bond donors (Lipinski definition) is 4. The standard InChI is InChI=1S/C20H24N4O4S/c1-3-11-22-29(27,28)14-16-7-9-17(10-8-16)23-19(25)13-21-20(26)24-18-6-4-5-15(2)12-18/h3-10,12,22H,1,11,13-14H2,2H3,(H,23,25)(H2,21,24,26). The molecule has 2 aromatic rings. The summed E-state index contributed by atoms with van der Waals surface area (Å²) < 4.78 is 26.1. The maximum absolute atomic E-state index is 12.0. The molecule has 0 aliphatic heterocycles. The van der Waals surface area contributed by atoms with Crippen LogP contribution in [0.3, 0.4) is 0 Å². The molecule has 0 radical (unpaired) electrons. The maximum atomic E-state index is 12.0. The minimum absolute atomic E-state index is 0.168. The van der Waals surface area contributed by atoms with Crippen molar-refractivity contribution in [1.82, 2.24) is 10.0 Å². The van der Waals surface area contributed by atoms with Gasteiger partial charge >= 0.3 is 6.03 Å². The summed E-state index contributed by atoms with van der Waals surface area (Å²) in [6.45, 7) is 5.33. The summed E-state index contributed by atoms with van der Waals surface area (Å²) in [5.74, 6) is -0.576. The summed E-state index contributed by atoms with van der Waals surface area (Å²) in [5, 5.41) is 7.76. The zero-order valence-corrected chi connectivity index (χ0v) is 16.9. The smallest absolute Gasteiger partial charge is 0.319 e. The Balaban J connectivity index is 1.80. The SMILES string of the molecule is C=CCNS(=O)(=O)Cc1ccc(NC(=O)CNC(=O)Nc2cccc(C)c2)cc1. The third-order valence-electron chi connectivity index (χ3n) is 3.73. The Morgan fingerprint density at radius 3 is 2.41 bits per heavy atom. The van der Waals surface area contributed by atoms with Crippen molar-refractivity contribution in [2.75, 3.05) is 23.7 Å². The van der Waals surface area contributed by atoms with Crippen molar-refractivity contribution in [2.24, 2.45) is 0 Å². The fourth-order valence-corrected chi connectivity index (χ4v) is 3.51. The molecule has 0 bridgehead atoms. The first-order chi connectivity index (χ1) is 13.8. The second-order valence-electron chi connectivity index (χ2n) is 6.32. The van der Waals surface area contributed by atoms with Crippen LogP contribution < -0.4 is 20.7 Å². The minimum atomic E-state index is -3.44. The lowest BCUT2D eigenvalue weighted by Crippen LogP contribution is -2.35. The molecule has 0 unspecified atom stereocenters. The average Bonchev–Trinajstić information content (AvgIpc) is 2.66. The number of anilines is 2. The summed E-state index contributed by atoms with van der Waals surface area (Å²) in [4.78, 5) is 23.8. The van der Waals surface area contributed by atoms with E-state index in [0.29, 0.717) is 16.9 Å². The predicted molar refractivity (Wildman–Crippen MR) is 114 cm³/mol. The second-order valence-corrected chi connectivity index (χ2v) is 8.13. The van der Waals surface area contributed by atoms with E-state index in [1.54, 1.807) is 30.3 Å². The van der Waals surface area contributed by atoms with Crippen LogP contribution in [-0.2, 0) is 20.6 Å². The first-order valence-corrected chi connectivity index (χ1v) is 10.5. The summed E-state index contributed by atoms with van der Waals surface area (Å²) in [6, 6.07) is 13.2. The minimum Gasteiger partial charge on any atom is -0.329 e. The lowest BCUT2D eigenvalue weighted by molar-refractivity contribution is -0.115. The van der Waals surface area contributed by atoms with E-state index < -0.39 is 22.0 Å². The van der Waals surface area contributed by atoms with E-state index in [9.17, 15) is 18.0 Å². The van der Waals surface area contributed by atoms with E-state index >= 15 is 0 Å². The van der Waals surface area contributed by atoms with Gasteiger partial charge < -0.3 is 16.0 Å². The van der Waals surface area contributed by atoms with Crippen molar-refractivity contribution in [3.8, 4) is 0 Å². The zero-order valence-electron chi connectivity index (χ0n) is 16.1. The van der Waals surface area contributed by atoms with Crippen molar-refractivity contribution in [3.05, 3.63) is 72.3 Å². The number of urea groups is 1. The van der Waals surface area contributed by atoms with Gasteiger partial charge in [0.25, 0.3) is 0 Å². The monoisotopic (exact) mass is 416 g/mol. The van der Waals surface area contributed by atoms with Gasteiger partial charge in [-0.1, -0.05) is 30.3 Å². The van der Waals surface area contributed by atoms with Crippen LogP contribution in [0.1, 0.15) is 11.1 Å². The van der Waals surface area contributed by atoms with E-state index in [4.69, 9.17) is 0 Å². The molecule has 154 valence electrons. The molecular weight excluding hydrogens is 392 g/mol. The summed E-state index contributed by atoms with van der Waals surface area (Å²) in [5.41, 5.74) is 2.72. The molecule has 0 atom stereocenters. The molecule has 9 heteroatoms. The maximum Gasteiger partial charge on any atom is 0.319 e. The van der Waals surface area contributed by atoms with Crippen LogP contribution in [0.15, 0.2) is 61.2 Å². The molecule has 0 saturated carbocycles. The van der Waals surface area contributed by atoms with Gasteiger partial charge in [0.2, 0.25) is 15.9 Å². The first kappa shape index (κ1) is 22.1. The van der Waals surface area contributed by atoms with Crippen LogP contribution >= 0.6 is 0 Å². The van der Waals surface area contributed by atoms with Crippen molar-refractivity contribution in [3.63, 3.8) is 0 Å². The summed E-state index contributed by atoms with van der Waals surface area (Å²) >= 11 is 0. The second kappa shape index (κ2) is 10.4. The average molecular weight is 417 g/mol. The Hall–Kier alpha value is -3.17. The molecule has 0 heterocycles. The summed E-state index contributed by atoms with van der Waals surface area (Å²) in [7, 11) is -3.44. The van der Waals surface area contributed by atoms with E-state index in [-0.39, 0.29) is 18.8 Å². The summed E-state index contributed by atoms with van der Waals surface area (Å²) in [6.07, 6.45) is 1.46. The topological polar surface area (TPSA) is 116 Å². The van der Waals surface area contributed by atoms with Crippen molar-refractivity contribution in [1.29, 1.82) is 0 Å². The van der Waals surface area contributed by atoms with Gasteiger partial charge in [0.15, 0.2) is 0 Å². The molecule has 29 heavy (non-hydrogen) atoms.